The Labute approximate surface area is 224 Å². The van der Waals surface area contributed by atoms with Crippen LogP contribution in [0.25, 0.3) is 0 Å². The van der Waals surface area contributed by atoms with Gasteiger partial charge in [-0.25, -0.2) is 8.42 Å². The molecule has 0 aliphatic rings. The van der Waals surface area contributed by atoms with Crippen LogP contribution in [0.5, 0.6) is 0 Å². The topological polar surface area (TPSA) is 77.4 Å². The summed E-state index contributed by atoms with van der Waals surface area (Å²) in [5.41, 5.74) is 0. The maximum atomic E-state index is 11.4. The standard InChI is InChI=1S/C23H48O4S.K/c1-3-5-15-20-23(28(25,26)27)21-17-14-12-10-8-6-7-9-11-13-16-19-22(24)18-4-2;/h22-24H,3-21H2,1-2H3,(H,25,26,27);/q;+1/p-1. The van der Waals surface area contributed by atoms with E-state index in [1.807, 2.05) is 0 Å². The second-order valence-electron chi connectivity index (χ2n) is 8.52. The first-order chi connectivity index (χ1) is 13.4. The summed E-state index contributed by atoms with van der Waals surface area (Å²) < 4.78 is 34.1. The third kappa shape index (κ3) is 22.5. The normalized spacial score (nSPS) is 13.8. The van der Waals surface area contributed by atoms with Gasteiger partial charge in [0.15, 0.2) is 0 Å². The summed E-state index contributed by atoms with van der Waals surface area (Å²) in [6.45, 7) is 4.20. The number of hydrogen-bond donors (Lipinski definition) is 1. The molecule has 0 aliphatic carbocycles. The van der Waals surface area contributed by atoms with E-state index in [1.165, 1.54) is 44.9 Å². The van der Waals surface area contributed by atoms with Crippen molar-refractivity contribution in [2.45, 2.75) is 147 Å². The monoisotopic (exact) mass is 458 g/mol. The van der Waals surface area contributed by atoms with Gasteiger partial charge in [0.25, 0.3) is 0 Å². The molecule has 0 saturated carbocycles. The van der Waals surface area contributed by atoms with Crippen molar-refractivity contribution in [2.24, 2.45) is 0 Å². The van der Waals surface area contributed by atoms with Crippen LogP contribution in [-0.4, -0.2) is 29.4 Å². The van der Waals surface area contributed by atoms with Gasteiger partial charge in [-0.1, -0.05) is 110 Å². The van der Waals surface area contributed by atoms with Gasteiger partial charge in [-0.2, -0.15) is 0 Å². The molecular weight excluding hydrogens is 411 g/mol. The SMILES string of the molecule is CCCCCC(CCCCCCCCCCCCCC(O)CCC)S(=O)(=O)[O-].[K+]. The Morgan fingerprint density at radius 1 is 0.621 bits per heavy atom. The first-order valence-electron chi connectivity index (χ1n) is 12.0. The van der Waals surface area contributed by atoms with Crippen molar-refractivity contribution in [1.82, 2.24) is 0 Å². The molecule has 6 heteroatoms. The predicted octanol–water partition coefficient (Wildman–Crippen LogP) is 3.72. The molecule has 0 aromatic rings. The third-order valence-corrected chi connectivity index (χ3v) is 7.01. The van der Waals surface area contributed by atoms with Crippen LogP contribution in [0.3, 0.4) is 0 Å². The van der Waals surface area contributed by atoms with Crippen LogP contribution in [0, 0.1) is 0 Å². The average Bonchev–Trinajstić information content (AvgIpc) is 2.63. The number of aliphatic hydroxyl groups is 1. The maximum Gasteiger partial charge on any atom is 1.00 e. The second kappa shape index (κ2) is 22.7. The molecule has 0 saturated heterocycles. The fraction of sp³-hybridized carbons (Fsp3) is 1.00. The Morgan fingerprint density at radius 3 is 1.38 bits per heavy atom. The summed E-state index contributed by atoms with van der Waals surface area (Å²) in [5.74, 6) is 0. The zero-order chi connectivity index (χ0) is 21.1. The van der Waals surface area contributed by atoms with Crippen LogP contribution in [-0.2, 0) is 10.1 Å². The van der Waals surface area contributed by atoms with E-state index in [2.05, 4.69) is 13.8 Å². The zero-order valence-corrected chi connectivity index (χ0v) is 23.6. The molecule has 0 bridgehead atoms. The number of rotatable bonds is 21. The molecule has 0 rings (SSSR count). The van der Waals surface area contributed by atoms with Gasteiger partial charge in [-0.05, 0) is 25.7 Å². The van der Waals surface area contributed by atoms with Gasteiger partial charge in [0, 0.05) is 5.25 Å². The van der Waals surface area contributed by atoms with Crippen LogP contribution in [0.15, 0.2) is 0 Å². The molecule has 0 heterocycles. The van der Waals surface area contributed by atoms with Gasteiger partial charge >= 0.3 is 51.4 Å². The summed E-state index contributed by atoms with van der Waals surface area (Å²) in [6.07, 6.45) is 19.9. The van der Waals surface area contributed by atoms with Crippen molar-refractivity contribution in [3.05, 3.63) is 0 Å². The molecule has 2 atom stereocenters. The summed E-state index contributed by atoms with van der Waals surface area (Å²) in [5, 5.41) is 9.02. The minimum Gasteiger partial charge on any atom is -0.748 e. The smallest absolute Gasteiger partial charge is 0.748 e. The van der Waals surface area contributed by atoms with E-state index in [9.17, 15) is 18.1 Å². The van der Waals surface area contributed by atoms with Crippen molar-refractivity contribution in [3.8, 4) is 0 Å². The molecule has 0 spiro atoms. The van der Waals surface area contributed by atoms with Crippen molar-refractivity contribution in [1.29, 1.82) is 0 Å². The molecule has 0 radical (unpaired) electrons. The van der Waals surface area contributed by atoms with E-state index in [-0.39, 0.29) is 57.5 Å². The Balaban J connectivity index is 0. The van der Waals surface area contributed by atoms with Crippen LogP contribution in [0.2, 0.25) is 0 Å². The van der Waals surface area contributed by atoms with E-state index in [0.717, 1.165) is 64.2 Å². The fourth-order valence-electron chi connectivity index (χ4n) is 3.88. The van der Waals surface area contributed by atoms with E-state index in [4.69, 9.17) is 0 Å². The summed E-state index contributed by atoms with van der Waals surface area (Å²) >= 11 is 0. The van der Waals surface area contributed by atoms with Crippen molar-refractivity contribution in [3.63, 3.8) is 0 Å². The van der Waals surface area contributed by atoms with Gasteiger partial charge in [0.05, 0.1) is 16.2 Å². The average molecular weight is 459 g/mol. The quantitative estimate of drug-likeness (QED) is 0.162. The van der Waals surface area contributed by atoms with Gasteiger partial charge < -0.3 is 9.66 Å². The van der Waals surface area contributed by atoms with Crippen molar-refractivity contribution < 1.29 is 69.5 Å². The number of aliphatic hydroxyl groups excluding tert-OH is 1. The molecule has 29 heavy (non-hydrogen) atoms. The molecule has 2 unspecified atom stereocenters. The summed E-state index contributed by atoms with van der Waals surface area (Å²) in [4.78, 5) is 0. The van der Waals surface area contributed by atoms with E-state index in [0.29, 0.717) is 12.8 Å². The van der Waals surface area contributed by atoms with E-state index >= 15 is 0 Å². The molecule has 1 N–H and O–H groups in total. The Bertz CT molecular complexity index is 429. The van der Waals surface area contributed by atoms with Gasteiger partial charge in [0.1, 0.15) is 0 Å². The zero-order valence-electron chi connectivity index (χ0n) is 19.7. The minimum atomic E-state index is -4.13. The molecule has 0 aromatic heterocycles. The largest absolute Gasteiger partial charge is 1.00 e. The predicted molar refractivity (Wildman–Crippen MR) is 119 cm³/mol. The molecular formula is C23H47KO4S. The second-order valence-corrected chi connectivity index (χ2v) is 10.2. The molecule has 0 fully saturated rings. The van der Waals surface area contributed by atoms with Gasteiger partial charge in [-0.15, -0.1) is 0 Å². The Hall–Kier alpha value is 1.51. The van der Waals surface area contributed by atoms with Crippen LogP contribution >= 0.6 is 0 Å². The number of hydrogen-bond acceptors (Lipinski definition) is 4. The molecule has 170 valence electrons. The van der Waals surface area contributed by atoms with Crippen LogP contribution in [0.1, 0.15) is 136 Å². The van der Waals surface area contributed by atoms with E-state index < -0.39 is 15.4 Å². The Kier molecular flexibility index (Phi) is 25.6. The first kappa shape index (κ1) is 32.7. The van der Waals surface area contributed by atoms with Crippen LogP contribution < -0.4 is 51.4 Å². The summed E-state index contributed by atoms with van der Waals surface area (Å²) in [6, 6.07) is 0. The third-order valence-electron chi connectivity index (χ3n) is 5.72. The molecule has 0 aliphatic heterocycles. The first-order valence-corrected chi connectivity index (χ1v) is 13.5. The maximum absolute atomic E-state index is 11.4. The molecule has 0 amide bonds. The van der Waals surface area contributed by atoms with E-state index in [1.54, 1.807) is 0 Å². The van der Waals surface area contributed by atoms with Gasteiger partial charge in [-0.3, -0.25) is 0 Å². The Morgan fingerprint density at radius 2 is 1.00 bits per heavy atom. The van der Waals surface area contributed by atoms with Crippen LogP contribution in [0.4, 0.5) is 0 Å². The van der Waals surface area contributed by atoms with Crippen molar-refractivity contribution in [2.75, 3.05) is 0 Å². The van der Waals surface area contributed by atoms with Crippen molar-refractivity contribution >= 4 is 10.1 Å². The number of unbranched alkanes of at least 4 members (excludes halogenated alkanes) is 12. The fourth-order valence-corrected chi connectivity index (χ4v) is 4.79. The summed E-state index contributed by atoms with van der Waals surface area (Å²) in [7, 11) is -4.13. The molecule has 4 nitrogen and oxygen atoms in total. The van der Waals surface area contributed by atoms with Gasteiger partial charge in [0.2, 0.25) is 0 Å². The molecule has 0 aromatic carbocycles. The minimum absolute atomic E-state index is 0.